The van der Waals surface area contributed by atoms with E-state index in [0.717, 1.165) is 0 Å². The zero-order valence-corrected chi connectivity index (χ0v) is 15.2. The maximum Gasteiger partial charge on any atom is 0.322 e. The van der Waals surface area contributed by atoms with Crippen LogP contribution in [0, 0.1) is 5.92 Å². The first kappa shape index (κ1) is 19.6. The van der Waals surface area contributed by atoms with Crippen LogP contribution in [-0.4, -0.2) is 31.4 Å². The number of hydrogen-bond donors (Lipinski definition) is 3. The standard InChI is InChI=1S/C18H20N2O5S/c1-11(2)16(18(22)23)20-26(24,25)15-8-6-12(7-9-15)13-4-3-5-14(10-13)17(19)21/h3-11,16,20H,1-2H3,(H2,19,21)(H,22,23)/t16-/m1/s1. The Morgan fingerprint density at radius 3 is 2.15 bits per heavy atom. The predicted octanol–water partition coefficient (Wildman–Crippen LogP) is 1.84. The van der Waals surface area contributed by atoms with Crippen LogP contribution < -0.4 is 10.5 Å². The Kier molecular flexibility index (Phi) is 5.79. The maximum atomic E-state index is 12.4. The average Bonchev–Trinajstić information content (AvgIpc) is 2.59. The van der Waals surface area contributed by atoms with Crippen molar-refractivity contribution in [2.75, 3.05) is 0 Å². The first-order chi connectivity index (χ1) is 12.1. The van der Waals surface area contributed by atoms with E-state index in [-0.39, 0.29) is 4.90 Å². The van der Waals surface area contributed by atoms with Gasteiger partial charge in [-0.05, 0) is 41.3 Å². The molecule has 2 aromatic carbocycles. The number of carboxylic acids is 1. The fourth-order valence-electron chi connectivity index (χ4n) is 2.39. The van der Waals surface area contributed by atoms with Crippen LogP contribution in [0.25, 0.3) is 11.1 Å². The minimum absolute atomic E-state index is 0.0424. The molecule has 1 atom stereocenters. The molecule has 0 aliphatic carbocycles. The van der Waals surface area contributed by atoms with Gasteiger partial charge in [-0.2, -0.15) is 4.72 Å². The monoisotopic (exact) mass is 376 g/mol. The molecule has 7 nitrogen and oxygen atoms in total. The number of amides is 1. The Morgan fingerprint density at radius 1 is 1.04 bits per heavy atom. The van der Waals surface area contributed by atoms with Crippen LogP contribution in [0.15, 0.2) is 53.4 Å². The fourth-order valence-corrected chi connectivity index (χ4v) is 3.72. The van der Waals surface area contributed by atoms with Crippen molar-refractivity contribution in [2.45, 2.75) is 24.8 Å². The van der Waals surface area contributed by atoms with Crippen molar-refractivity contribution in [3.05, 3.63) is 54.1 Å². The van der Waals surface area contributed by atoms with Gasteiger partial charge >= 0.3 is 5.97 Å². The number of nitrogens with one attached hydrogen (secondary N) is 1. The van der Waals surface area contributed by atoms with Crippen LogP contribution in [0.3, 0.4) is 0 Å². The zero-order chi connectivity index (χ0) is 19.5. The molecule has 138 valence electrons. The summed E-state index contributed by atoms with van der Waals surface area (Å²) < 4.78 is 27.0. The first-order valence-corrected chi connectivity index (χ1v) is 9.35. The number of aliphatic carboxylic acids is 1. The molecular formula is C18H20N2O5S. The minimum atomic E-state index is -3.98. The smallest absolute Gasteiger partial charge is 0.322 e. The number of carbonyl (C=O) groups is 2. The Balaban J connectivity index is 2.30. The van der Waals surface area contributed by atoms with Gasteiger partial charge in [0.2, 0.25) is 15.9 Å². The first-order valence-electron chi connectivity index (χ1n) is 7.87. The third kappa shape index (κ3) is 4.47. The second-order valence-electron chi connectivity index (χ2n) is 6.15. The average molecular weight is 376 g/mol. The van der Waals surface area contributed by atoms with Gasteiger partial charge in [0.1, 0.15) is 6.04 Å². The molecule has 2 rings (SSSR count). The molecule has 0 aliphatic heterocycles. The van der Waals surface area contributed by atoms with E-state index in [1.807, 2.05) is 0 Å². The summed E-state index contributed by atoms with van der Waals surface area (Å²) in [6.45, 7) is 3.24. The molecule has 0 radical (unpaired) electrons. The fraction of sp³-hybridized carbons (Fsp3) is 0.222. The lowest BCUT2D eigenvalue weighted by Crippen LogP contribution is -2.44. The summed E-state index contributed by atoms with van der Waals surface area (Å²) in [5.74, 6) is -2.19. The SMILES string of the molecule is CC(C)[C@@H](NS(=O)(=O)c1ccc(-c2cccc(C(N)=O)c2)cc1)C(=O)O. The van der Waals surface area contributed by atoms with Crippen molar-refractivity contribution in [3.63, 3.8) is 0 Å². The number of rotatable bonds is 7. The molecule has 26 heavy (non-hydrogen) atoms. The van der Waals surface area contributed by atoms with Crippen molar-refractivity contribution in [1.82, 2.24) is 4.72 Å². The van der Waals surface area contributed by atoms with Gasteiger partial charge in [-0.15, -0.1) is 0 Å². The highest BCUT2D eigenvalue weighted by Gasteiger charge is 2.27. The normalized spacial score (nSPS) is 12.7. The van der Waals surface area contributed by atoms with Gasteiger partial charge in [0, 0.05) is 5.56 Å². The molecule has 2 aromatic rings. The van der Waals surface area contributed by atoms with Crippen molar-refractivity contribution < 1.29 is 23.1 Å². The number of sulfonamides is 1. The highest BCUT2D eigenvalue weighted by Crippen LogP contribution is 2.22. The van der Waals surface area contributed by atoms with Gasteiger partial charge in [-0.25, -0.2) is 8.42 Å². The van der Waals surface area contributed by atoms with Gasteiger partial charge in [0.25, 0.3) is 0 Å². The number of carbonyl (C=O) groups excluding carboxylic acids is 1. The molecule has 0 aliphatic rings. The third-order valence-electron chi connectivity index (χ3n) is 3.86. The van der Waals surface area contributed by atoms with Crippen LogP contribution in [-0.2, 0) is 14.8 Å². The molecule has 8 heteroatoms. The maximum absolute atomic E-state index is 12.4. The molecule has 0 aromatic heterocycles. The molecule has 0 spiro atoms. The Morgan fingerprint density at radius 2 is 1.65 bits per heavy atom. The summed E-state index contributed by atoms with van der Waals surface area (Å²) in [7, 11) is -3.98. The molecule has 1 amide bonds. The van der Waals surface area contributed by atoms with E-state index in [2.05, 4.69) is 4.72 Å². The van der Waals surface area contributed by atoms with Gasteiger partial charge in [-0.1, -0.05) is 38.1 Å². The van der Waals surface area contributed by atoms with Crippen molar-refractivity contribution >= 4 is 21.9 Å². The Hall–Kier alpha value is -2.71. The topological polar surface area (TPSA) is 127 Å². The summed E-state index contributed by atoms with van der Waals surface area (Å²) in [5.41, 5.74) is 7.02. The van der Waals surface area contributed by atoms with Crippen LogP contribution in [0.2, 0.25) is 0 Å². The quantitative estimate of drug-likeness (QED) is 0.679. The van der Waals surface area contributed by atoms with Gasteiger partial charge in [-0.3, -0.25) is 9.59 Å². The number of primary amides is 1. The van der Waals surface area contributed by atoms with Crippen molar-refractivity contribution in [2.24, 2.45) is 11.7 Å². The second-order valence-corrected chi connectivity index (χ2v) is 7.86. The predicted molar refractivity (Wildman–Crippen MR) is 97.0 cm³/mol. The van der Waals surface area contributed by atoms with E-state index in [0.29, 0.717) is 16.7 Å². The lowest BCUT2D eigenvalue weighted by atomic mass is 10.0. The molecule has 0 unspecified atom stereocenters. The largest absolute Gasteiger partial charge is 0.480 e. The lowest BCUT2D eigenvalue weighted by Gasteiger charge is -2.18. The molecule has 0 saturated heterocycles. The molecule has 0 saturated carbocycles. The van der Waals surface area contributed by atoms with Gasteiger partial charge in [0.15, 0.2) is 0 Å². The second kappa shape index (κ2) is 7.67. The van der Waals surface area contributed by atoms with E-state index in [9.17, 15) is 18.0 Å². The van der Waals surface area contributed by atoms with Crippen LogP contribution >= 0.6 is 0 Å². The van der Waals surface area contributed by atoms with Crippen molar-refractivity contribution in [3.8, 4) is 11.1 Å². The summed E-state index contributed by atoms with van der Waals surface area (Å²) in [6, 6.07) is 11.4. The van der Waals surface area contributed by atoms with E-state index >= 15 is 0 Å². The molecule has 0 fully saturated rings. The van der Waals surface area contributed by atoms with Crippen LogP contribution in [0.5, 0.6) is 0 Å². The Labute approximate surface area is 151 Å². The lowest BCUT2D eigenvalue weighted by molar-refractivity contribution is -0.140. The number of hydrogen-bond acceptors (Lipinski definition) is 4. The number of carboxylic acid groups (broad SMARTS) is 1. The Bertz CT molecular complexity index is 921. The van der Waals surface area contributed by atoms with Crippen LogP contribution in [0.1, 0.15) is 24.2 Å². The van der Waals surface area contributed by atoms with E-state index < -0.39 is 33.9 Å². The highest BCUT2D eigenvalue weighted by atomic mass is 32.2. The summed E-state index contributed by atoms with van der Waals surface area (Å²) >= 11 is 0. The molecule has 0 heterocycles. The zero-order valence-electron chi connectivity index (χ0n) is 14.3. The molecule has 4 N–H and O–H groups in total. The van der Waals surface area contributed by atoms with E-state index in [1.54, 1.807) is 50.2 Å². The summed E-state index contributed by atoms with van der Waals surface area (Å²) in [4.78, 5) is 22.4. The van der Waals surface area contributed by atoms with E-state index in [1.165, 1.54) is 12.1 Å². The summed E-state index contributed by atoms with van der Waals surface area (Å²) in [5, 5.41) is 9.15. The van der Waals surface area contributed by atoms with Crippen LogP contribution in [0.4, 0.5) is 0 Å². The van der Waals surface area contributed by atoms with E-state index in [4.69, 9.17) is 10.8 Å². The van der Waals surface area contributed by atoms with Gasteiger partial charge < -0.3 is 10.8 Å². The summed E-state index contributed by atoms with van der Waals surface area (Å²) in [6.07, 6.45) is 0. The third-order valence-corrected chi connectivity index (χ3v) is 5.32. The molecular weight excluding hydrogens is 356 g/mol. The number of nitrogens with two attached hydrogens (primary N) is 1. The number of benzene rings is 2. The molecule has 0 bridgehead atoms. The minimum Gasteiger partial charge on any atom is -0.480 e. The van der Waals surface area contributed by atoms with Crippen molar-refractivity contribution in [1.29, 1.82) is 0 Å². The van der Waals surface area contributed by atoms with Gasteiger partial charge in [0.05, 0.1) is 4.90 Å². The highest BCUT2D eigenvalue weighted by molar-refractivity contribution is 7.89.